The Morgan fingerprint density at radius 1 is 0.773 bits per heavy atom. The topological polar surface area (TPSA) is 88.4 Å². The second-order valence-electron chi connectivity index (χ2n) is 4.35. The normalized spacial score (nSPS) is 10.7. The van der Waals surface area contributed by atoms with Crippen LogP contribution in [0.3, 0.4) is 0 Å². The Balaban J connectivity index is 2.10. The van der Waals surface area contributed by atoms with Crippen molar-refractivity contribution in [2.75, 3.05) is 0 Å². The molecule has 0 aliphatic heterocycles. The van der Waals surface area contributed by atoms with Crippen LogP contribution in [0.5, 0.6) is 5.75 Å². The number of aromatic nitrogens is 3. The maximum Gasteiger partial charge on any atom is 0.391 e. The molecule has 0 aromatic carbocycles. The van der Waals surface area contributed by atoms with E-state index < -0.39 is 8.60 Å². The van der Waals surface area contributed by atoms with Crippen molar-refractivity contribution in [2.24, 2.45) is 0 Å². The van der Waals surface area contributed by atoms with Gasteiger partial charge in [0.1, 0.15) is 5.75 Å². The van der Waals surface area contributed by atoms with Gasteiger partial charge in [-0.1, -0.05) is 12.1 Å². The Morgan fingerprint density at radius 3 is 1.73 bits per heavy atom. The average molecular weight is 313 g/mol. The summed E-state index contributed by atoms with van der Waals surface area (Å²) in [6.07, 6.45) is 3.33. The largest absolute Gasteiger partial charge is 0.427 e. The molecule has 0 fully saturated rings. The summed E-state index contributed by atoms with van der Waals surface area (Å²) < 4.78 is 5.02. The lowest BCUT2D eigenvalue weighted by atomic mass is 10.2. The molecule has 22 heavy (non-hydrogen) atoms. The van der Waals surface area contributed by atoms with Crippen LogP contribution < -0.4 is 4.52 Å². The van der Waals surface area contributed by atoms with Gasteiger partial charge in [-0.3, -0.25) is 9.97 Å². The fraction of sp³-hybridized carbons (Fsp3) is 0. The van der Waals surface area contributed by atoms with Crippen LogP contribution >= 0.6 is 8.60 Å². The predicted molar refractivity (Wildman–Crippen MR) is 82.7 cm³/mol. The SMILES string of the molecule is OP(O)Oc1cc(-c2ccccn2)nc(-c2ccccn2)c1. The summed E-state index contributed by atoms with van der Waals surface area (Å²) in [5.74, 6) is 0.299. The van der Waals surface area contributed by atoms with Crippen molar-refractivity contribution in [2.45, 2.75) is 0 Å². The summed E-state index contributed by atoms with van der Waals surface area (Å²) in [5, 5.41) is 0. The van der Waals surface area contributed by atoms with Crippen molar-refractivity contribution in [3.05, 3.63) is 60.9 Å². The van der Waals surface area contributed by atoms with Crippen LogP contribution in [-0.2, 0) is 0 Å². The van der Waals surface area contributed by atoms with E-state index in [-0.39, 0.29) is 0 Å². The van der Waals surface area contributed by atoms with E-state index >= 15 is 0 Å². The maximum absolute atomic E-state index is 9.08. The Morgan fingerprint density at radius 2 is 1.32 bits per heavy atom. The van der Waals surface area contributed by atoms with Crippen molar-refractivity contribution >= 4 is 8.60 Å². The third-order valence-corrected chi connectivity index (χ3v) is 3.21. The van der Waals surface area contributed by atoms with Gasteiger partial charge in [-0.2, -0.15) is 0 Å². The van der Waals surface area contributed by atoms with Crippen LogP contribution in [-0.4, -0.2) is 24.7 Å². The number of pyridine rings is 3. The second-order valence-corrected chi connectivity index (χ2v) is 5.04. The van der Waals surface area contributed by atoms with E-state index in [1.54, 1.807) is 24.5 Å². The van der Waals surface area contributed by atoms with Crippen LogP contribution in [0.1, 0.15) is 0 Å². The third-order valence-electron chi connectivity index (χ3n) is 2.84. The summed E-state index contributed by atoms with van der Waals surface area (Å²) in [5.41, 5.74) is 2.45. The Kier molecular flexibility index (Phi) is 4.34. The fourth-order valence-electron chi connectivity index (χ4n) is 1.94. The molecule has 0 aliphatic carbocycles. The quantitative estimate of drug-likeness (QED) is 0.720. The summed E-state index contributed by atoms with van der Waals surface area (Å²) >= 11 is 0. The molecule has 0 amide bonds. The first-order chi connectivity index (χ1) is 10.7. The van der Waals surface area contributed by atoms with Gasteiger partial charge in [-0.15, -0.1) is 0 Å². The molecule has 0 bridgehead atoms. The highest BCUT2D eigenvalue weighted by Gasteiger charge is 2.11. The maximum atomic E-state index is 9.08. The molecular weight excluding hydrogens is 301 g/mol. The molecule has 3 heterocycles. The zero-order chi connectivity index (χ0) is 15.4. The van der Waals surface area contributed by atoms with E-state index in [4.69, 9.17) is 14.3 Å². The Hall–Kier alpha value is -2.40. The van der Waals surface area contributed by atoms with Crippen molar-refractivity contribution in [1.29, 1.82) is 0 Å². The lowest BCUT2D eigenvalue weighted by Crippen LogP contribution is -1.94. The van der Waals surface area contributed by atoms with E-state index in [1.807, 2.05) is 36.4 Å². The molecule has 3 aromatic rings. The minimum absolute atomic E-state index is 0.299. The van der Waals surface area contributed by atoms with Crippen LogP contribution in [0.2, 0.25) is 0 Å². The summed E-state index contributed by atoms with van der Waals surface area (Å²) in [4.78, 5) is 31.2. The summed E-state index contributed by atoms with van der Waals surface area (Å²) in [6.45, 7) is 0. The van der Waals surface area contributed by atoms with Gasteiger partial charge in [0.05, 0.1) is 22.8 Å². The van der Waals surface area contributed by atoms with Gasteiger partial charge in [-0.05, 0) is 24.3 Å². The van der Waals surface area contributed by atoms with Gasteiger partial charge in [-0.25, -0.2) is 4.98 Å². The molecule has 0 spiro atoms. The van der Waals surface area contributed by atoms with Gasteiger partial charge < -0.3 is 14.3 Å². The first-order valence-electron chi connectivity index (χ1n) is 6.43. The van der Waals surface area contributed by atoms with Gasteiger partial charge in [0, 0.05) is 24.5 Å². The zero-order valence-electron chi connectivity index (χ0n) is 11.4. The van der Waals surface area contributed by atoms with E-state index in [2.05, 4.69) is 15.0 Å². The van der Waals surface area contributed by atoms with Crippen molar-refractivity contribution < 1.29 is 14.3 Å². The molecule has 0 unspecified atom stereocenters. The minimum Gasteiger partial charge on any atom is -0.427 e. The van der Waals surface area contributed by atoms with Crippen LogP contribution in [0.25, 0.3) is 22.8 Å². The number of nitrogens with zero attached hydrogens (tertiary/aromatic N) is 3. The first kappa shape index (κ1) is 14.5. The average Bonchev–Trinajstić information content (AvgIpc) is 2.55. The smallest absolute Gasteiger partial charge is 0.391 e. The predicted octanol–water partition coefficient (Wildman–Crippen LogP) is 2.80. The van der Waals surface area contributed by atoms with E-state index in [0.717, 1.165) is 0 Å². The molecular formula is C15H12N3O3P. The third kappa shape index (κ3) is 3.43. The molecule has 0 saturated heterocycles. The Bertz CT molecular complexity index is 697. The lowest BCUT2D eigenvalue weighted by molar-refractivity contribution is 0.375. The van der Waals surface area contributed by atoms with E-state index in [0.29, 0.717) is 28.5 Å². The molecule has 7 heteroatoms. The highest BCUT2D eigenvalue weighted by atomic mass is 31.2. The monoisotopic (exact) mass is 313 g/mol. The highest BCUT2D eigenvalue weighted by molar-refractivity contribution is 7.39. The Labute approximate surface area is 128 Å². The minimum atomic E-state index is -2.51. The molecule has 3 aromatic heterocycles. The van der Waals surface area contributed by atoms with Crippen molar-refractivity contribution in [1.82, 2.24) is 15.0 Å². The van der Waals surface area contributed by atoms with E-state index in [1.165, 1.54) is 0 Å². The molecule has 6 nitrogen and oxygen atoms in total. The summed E-state index contributed by atoms with van der Waals surface area (Å²) in [7, 11) is -2.51. The summed E-state index contributed by atoms with van der Waals surface area (Å²) in [6, 6.07) is 14.2. The standard InChI is InChI=1S/C15H12N3O3P/c19-22(20)21-11-9-14(12-5-1-3-7-16-12)18-15(10-11)13-6-2-4-8-17-13/h1-10,19-20H. The first-order valence-corrected chi connectivity index (χ1v) is 7.59. The molecule has 2 N–H and O–H groups in total. The van der Waals surface area contributed by atoms with Crippen LogP contribution in [0, 0.1) is 0 Å². The number of rotatable bonds is 4. The lowest BCUT2D eigenvalue weighted by Gasteiger charge is -2.10. The van der Waals surface area contributed by atoms with Gasteiger partial charge >= 0.3 is 8.60 Å². The molecule has 0 atom stereocenters. The zero-order valence-corrected chi connectivity index (χ0v) is 12.3. The van der Waals surface area contributed by atoms with Gasteiger partial charge in [0.2, 0.25) is 0 Å². The second kappa shape index (κ2) is 6.58. The molecule has 3 rings (SSSR count). The molecule has 0 saturated carbocycles. The van der Waals surface area contributed by atoms with Crippen LogP contribution in [0.4, 0.5) is 0 Å². The highest BCUT2D eigenvalue weighted by Crippen LogP contribution is 2.33. The van der Waals surface area contributed by atoms with Crippen molar-refractivity contribution in [3.63, 3.8) is 0 Å². The number of hydrogen-bond acceptors (Lipinski definition) is 6. The van der Waals surface area contributed by atoms with E-state index in [9.17, 15) is 0 Å². The molecule has 0 radical (unpaired) electrons. The van der Waals surface area contributed by atoms with Gasteiger partial charge in [0.25, 0.3) is 0 Å². The number of hydrogen-bond donors (Lipinski definition) is 2. The van der Waals surface area contributed by atoms with Crippen molar-refractivity contribution in [3.8, 4) is 28.5 Å². The fourth-order valence-corrected chi connectivity index (χ4v) is 2.24. The van der Waals surface area contributed by atoms with Crippen LogP contribution in [0.15, 0.2) is 60.9 Å². The molecule has 110 valence electrons. The molecule has 0 aliphatic rings. The van der Waals surface area contributed by atoms with Gasteiger partial charge in [0.15, 0.2) is 0 Å².